The van der Waals surface area contributed by atoms with Crippen molar-refractivity contribution in [2.45, 2.75) is 26.2 Å². The molecule has 2 heterocycles. The Labute approximate surface area is 129 Å². The molecular formula is C13H13IN4S. The molecule has 0 bridgehead atoms. The van der Waals surface area contributed by atoms with Crippen LogP contribution in [0, 0.1) is 3.57 Å². The van der Waals surface area contributed by atoms with E-state index in [0.29, 0.717) is 0 Å². The first-order valence-electron chi connectivity index (χ1n) is 5.94. The van der Waals surface area contributed by atoms with E-state index in [1.54, 1.807) is 11.3 Å². The van der Waals surface area contributed by atoms with E-state index in [4.69, 9.17) is 0 Å². The van der Waals surface area contributed by atoms with Crippen molar-refractivity contribution < 1.29 is 0 Å². The van der Waals surface area contributed by atoms with Crippen molar-refractivity contribution in [1.29, 1.82) is 0 Å². The molecule has 2 aromatic heterocycles. The Morgan fingerprint density at radius 2 is 1.89 bits per heavy atom. The smallest absolute Gasteiger partial charge is 0.186 e. The lowest BCUT2D eigenvalue weighted by Crippen LogP contribution is -2.16. The van der Waals surface area contributed by atoms with Crippen LogP contribution in [-0.2, 0) is 5.41 Å². The minimum atomic E-state index is -0.0609. The maximum Gasteiger partial charge on any atom is 0.235 e. The Kier molecular flexibility index (Phi) is 3.09. The summed E-state index contributed by atoms with van der Waals surface area (Å²) < 4.78 is 3.06. The molecule has 0 aliphatic carbocycles. The molecule has 98 valence electrons. The van der Waals surface area contributed by atoms with E-state index < -0.39 is 0 Å². The average Bonchev–Trinajstić information content (AvgIpc) is 2.86. The largest absolute Gasteiger partial charge is 0.235 e. The molecule has 4 nitrogen and oxygen atoms in total. The number of nitrogens with zero attached hydrogens (tertiary/aromatic N) is 4. The number of rotatable bonds is 1. The maximum absolute atomic E-state index is 4.68. The molecule has 0 saturated carbocycles. The van der Waals surface area contributed by atoms with Gasteiger partial charge in [0, 0.05) is 14.5 Å². The van der Waals surface area contributed by atoms with Gasteiger partial charge in [-0.25, -0.2) is 0 Å². The van der Waals surface area contributed by atoms with Crippen molar-refractivity contribution >= 4 is 38.9 Å². The molecule has 0 unspecified atom stereocenters. The van der Waals surface area contributed by atoms with Gasteiger partial charge in [0.2, 0.25) is 4.96 Å². The highest BCUT2D eigenvalue weighted by molar-refractivity contribution is 14.1. The Bertz CT molecular complexity index is 739. The third kappa shape index (κ3) is 2.27. The number of aromatic nitrogens is 4. The summed E-state index contributed by atoms with van der Waals surface area (Å²) in [5, 5.41) is 14.1. The Morgan fingerprint density at radius 3 is 2.58 bits per heavy atom. The number of benzene rings is 1. The molecule has 0 saturated heterocycles. The molecule has 6 heteroatoms. The van der Waals surface area contributed by atoms with Crippen LogP contribution in [0.5, 0.6) is 0 Å². The predicted octanol–water partition coefficient (Wildman–Crippen LogP) is 3.75. The zero-order valence-corrected chi connectivity index (χ0v) is 13.9. The highest BCUT2D eigenvalue weighted by Crippen LogP contribution is 2.30. The fourth-order valence-corrected chi connectivity index (χ4v) is 3.53. The van der Waals surface area contributed by atoms with Crippen LogP contribution in [0.4, 0.5) is 0 Å². The second-order valence-electron chi connectivity index (χ2n) is 5.36. The van der Waals surface area contributed by atoms with Crippen LogP contribution in [0.15, 0.2) is 24.3 Å². The van der Waals surface area contributed by atoms with E-state index >= 15 is 0 Å². The first-order chi connectivity index (χ1) is 8.97. The van der Waals surface area contributed by atoms with Crippen LogP contribution in [0.25, 0.3) is 15.5 Å². The van der Waals surface area contributed by atoms with Crippen molar-refractivity contribution in [1.82, 2.24) is 19.8 Å². The van der Waals surface area contributed by atoms with Gasteiger partial charge in [-0.15, -0.1) is 10.2 Å². The van der Waals surface area contributed by atoms with Crippen molar-refractivity contribution in [2.75, 3.05) is 0 Å². The normalized spacial score (nSPS) is 12.2. The molecule has 0 atom stereocenters. The molecule has 3 rings (SSSR count). The topological polar surface area (TPSA) is 43.1 Å². The zero-order chi connectivity index (χ0) is 13.6. The minimum Gasteiger partial charge on any atom is -0.186 e. The van der Waals surface area contributed by atoms with Gasteiger partial charge in [0.25, 0.3) is 0 Å². The van der Waals surface area contributed by atoms with Gasteiger partial charge in [0.15, 0.2) is 5.82 Å². The fourth-order valence-electron chi connectivity index (χ4n) is 1.83. The second-order valence-corrected chi connectivity index (χ2v) is 7.47. The number of fused-ring (bicyclic) bond motifs is 1. The van der Waals surface area contributed by atoms with Gasteiger partial charge >= 0.3 is 0 Å². The van der Waals surface area contributed by atoms with E-state index in [9.17, 15) is 0 Å². The summed E-state index contributed by atoms with van der Waals surface area (Å²) in [7, 11) is 0. The summed E-state index contributed by atoms with van der Waals surface area (Å²) in [6.45, 7) is 6.36. The van der Waals surface area contributed by atoms with Gasteiger partial charge < -0.3 is 0 Å². The van der Waals surface area contributed by atoms with Crippen molar-refractivity contribution in [3.05, 3.63) is 33.7 Å². The van der Waals surface area contributed by atoms with Crippen LogP contribution < -0.4 is 0 Å². The Hall–Kier alpha value is -1.02. The van der Waals surface area contributed by atoms with E-state index in [-0.39, 0.29) is 5.41 Å². The molecule has 19 heavy (non-hydrogen) atoms. The van der Waals surface area contributed by atoms with E-state index in [0.717, 1.165) is 21.4 Å². The number of halogens is 1. The summed E-state index contributed by atoms with van der Waals surface area (Å²) >= 11 is 3.91. The zero-order valence-electron chi connectivity index (χ0n) is 10.9. The van der Waals surface area contributed by atoms with Crippen LogP contribution in [0.3, 0.4) is 0 Å². The summed E-state index contributed by atoms with van der Waals surface area (Å²) in [4.78, 5) is 0.847. The molecule has 0 fully saturated rings. The third-order valence-electron chi connectivity index (χ3n) is 2.77. The average molecular weight is 384 g/mol. The van der Waals surface area contributed by atoms with Crippen LogP contribution in [0.2, 0.25) is 0 Å². The summed E-state index contributed by atoms with van der Waals surface area (Å²) in [6.07, 6.45) is 0. The first-order valence-corrected chi connectivity index (χ1v) is 7.84. The lowest BCUT2D eigenvalue weighted by Gasteiger charge is -2.13. The molecular weight excluding hydrogens is 371 g/mol. The molecule has 0 radical (unpaired) electrons. The molecule has 1 aromatic carbocycles. The van der Waals surface area contributed by atoms with Crippen molar-refractivity contribution in [2.24, 2.45) is 0 Å². The third-order valence-corrected chi connectivity index (χ3v) is 4.64. The second kappa shape index (κ2) is 4.52. The van der Waals surface area contributed by atoms with Crippen LogP contribution in [-0.4, -0.2) is 19.8 Å². The van der Waals surface area contributed by atoms with Crippen molar-refractivity contribution in [3.63, 3.8) is 0 Å². The van der Waals surface area contributed by atoms with Crippen LogP contribution >= 0.6 is 33.9 Å². The lowest BCUT2D eigenvalue weighted by atomic mass is 9.96. The highest BCUT2D eigenvalue weighted by atomic mass is 127. The van der Waals surface area contributed by atoms with E-state index in [1.165, 1.54) is 3.57 Å². The molecule has 0 aliphatic heterocycles. The maximum atomic E-state index is 4.68. The van der Waals surface area contributed by atoms with Gasteiger partial charge in [-0.1, -0.05) is 50.3 Å². The minimum absolute atomic E-state index is 0.0609. The van der Waals surface area contributed by atoms with Crippen molar-refractivity contribution in [3.8, 4) is 10.6 Å². The molecule has 0 amide bonds. The quantitative estimate of drug-likeness (QED) is 0.601. The lowest BCUT2D eigenvalue weighted by molar-refractivity contribution is 0.528. The predicted molar refractivity (Wildman–Crippen MR) is 85.5 cm³/mol. The summed E-state index contributed by atoms with van der Waals surface area (Å²) in [5.41, 5.74) is 1.09. The molecule has 0 aliphatic rings. The van der Waals surface area contributed by atoms with E-state index in [2.05, 4.69) is 70.8 Å². The van der Waals surface area contributed by atoms with Gasteiger partial charge in [-0.2, -0.15) is 9.61 Å². The highest BCUT2D eigenvalue weighted by Gasteiger charge is 2.23. The van der Waals surface area contributed by atoms with Gasteiger partial charge in [0.1, 0.15) is 5.01 Å². The fraction of sp³-hybridized carbons (Fsp3) is 0.308. The van der Waals surface area contributed by atoms with E-state index in [1.807, 2.05) is 16.6 Å². The molecule has 0 N–H and O–H groups in total. The molecule has 3 aromatic rings. The van der Waals surface area contributed by atoms with Gasteiger partial charge in [0.05, 0.1) is 0 Å². The number of hydrogen-bond acceptors (Lipinski definition) is 4. The monoisotopic (exact) mass is 384 g/mol. The first kappa shape index (κ1) is 13.0. The standard InChI is InChI=1S/C13H13IN4S/c1-13(2,3)11-15-16-12-18(11)17-10(19-12)8-6-4-5-7-9(8)14/h4-7H,1-3H3. The van der Waals surface area contributed by atoms with Gasteiger partial charge in [-0.05, 0) is 28.7 Å². The Morgan fingerprint density at radius 1 is 1.16 bits per heavy atom. The summed E-state index contributed by atoms with van der Waals surface area (Å²) in [6, 6.07) is 8.24. The molecule has 0 spiro atoms. The van der Waals surface area contributed by atoms with Crippen LogP contribution in [0.1, 0.15) is 26.6 Å². The number of hydrogen-bond donors (Lipinski definition) is 0. The Balaban J connectivity index is 2.18. The summed E-state index contributed by atoms with van der Waals surface area (Å²) in [5.74, 6) is 0.899. The SMILES string of the molecule is CC(C)(C)c1nnc2sc(-c3ccccc3I)nn12. The van der Waals surface area contributed by atoms with Gasteiger partial charge in [-0.3, -0.25) is 0 Å².